The minimum atomic E-state index is -4.57. The second-order valence-corrected chi connectivity index (χ2v) is 8.28. The third kappa shape index (κ3) is 4.00. The number of alkyl halides is 3. The number of aryl methyl sites for hydroxylation is 1. The number of carbonyl (C=O) groups is 1. The Balaban J connectivity index is 1.72. The van der Waals surface area contributed by atoms with Gasteiger partial charge in [0.1, 0.15) is 0 Å². The van der Waals surface area contributed by atoms with Crippen LogP contribution in [0.25, 0.3) is 11.1 Å². The Hall–Kier alpha value is -2.97. The molecule has 1 saturated heterocycles. The lowest BCUT2D eigenvalue weighted by molar-refractivity contribution is -0.136. The van der Waals surface area contributed by atoms with E-state index < -0.39 is 11.7 Å². The van der Waals surface area contributed by atoms with Gasteiger partial charge in [0, 0.05) is 42.7 Å². The number of hydrogen-bond donors (Lipinski definition) is 0. The number of hydrogen-bond acceptors (Lipinski definition) is 5. The van der Waals surface area contributed by atoms with E-state index in [0.29, 0.717) is 30.6 Å². The van der Waals surface area contributed by atoms with Gasteiger partial charge in [0.25, 0.3) is 11.6 Å². The van der Waals surface area contributed by atoms with E-state index in [0.717, 1.165) is 11.6 Å². The van der Waals surface area contributed by atoms with Crippen molar-refractivity contribution in [2.75, 3.05) is 13.1 Å². The van der Waals surface area contributed by atoms with Gasteiger partial charge in [0.05, 0.1) is 16.6 Å². The number of aromatic nitrogens is 3. The van der Waals surface area contributed by atoms with Gasteiger partial charge in [-0.3, -0.25) is 9.78 Å². The third-order valence-corrected chi connectivity index (χ3v) is 5.74. The summed E-state index contributed by atoms with van der Waals surface area (Å²) in [5, 5.41) is 3.89. The minimum Gasteiger partial charge on any atom is -0.338 e. The molecule has 0 aliphatic carbocycles. The predicted octanol–water partition coefficient (Wildman–Crippen LogP) is 5.09. The van der Waals surface area contributed by atoms with Crippen molar-refractivity contribution < 1.29 is 22.5 Å². The van der Waals surface area contributed by atoms with Crippen molar-refractivity contribution in [1.82, 2.24) is 20.0 Å². The van der Waals surface area contributed by atoms with E-state index >= 15 is 0 Å². The van der Waals surface area contributed by atoms with Crippen LogP contribution in [0.2, 0.25) is 0 Å². The average molecular weight is 432 g/mol. The van der Waals surface area contributed by atoms with E-state index in [2.05, 4.69) is 15.1 Å². The zero-order chi connectivity index (χ0) is 22.3. The van der Waals surface area contributed by atoms with E-state index in [4.69, 9.17) is 4.52 Å². The molecule has 3 aromatic rings. The number of halogens is 3. The van der Waals surface area contributed by atoms with Gasteiger partial charge in [-0.2, -0.15) is 13.2 Å². The molecule has 1 aliphatic rings. The van der Waals surface area contributed by atoms with Gasteiger partial charge in [-0.05, 0) is 43.4 Å². The van der Waals surface area contributed by atoms with Crippen LogP contribution in [0.15, 0.2) is 29.0 Å². The Morgan fingerprint density at radius 2 is 2.10 bits per heavy atom. The first-order valence-corrected chi connectivity index (χ1v) is 10.2. The molecule has 0 N–H and O–H groups in total. The molecule has 1 amide bonds. The van der Waals surface area contributed by atoms with Gasteiger partial charge in [-0.25, -0.2) is 4.98 Å². The van der Waals surface area contributed by atoms with Crippen molar-refractivity contribution in [2.24, 2.45) is 0 Å². The first-order valence-electron chi connectivity index (χ1n) is 10.2. The number of fused-ring (bicyclic) bond motifs is 1. The van der Waals surface area contributed by atoms with Crippen LogP contribution < -0.4 is 0 Å². The summed E-state index contributed by atoms with van der Waals surface area (Å²) in [6.45, 7) is 6.16. The molecule has 0 aromatic carbocycles. The van der Waals surface area contributed by atoms with Crippen molar-refractivity contribution in [3.05, 3.63) is 52.6 Å². The zero-order valence-electron chi connectivity index (χ0n) is 17.5. The lowest BCUT2D eigenvalue weighted by atomic mass is 9.91. The highest BCUT2D eigenvalue weighted by Gasteiger charge is 2.38. The van der Waals surface area contributed by atoms with Crippen LogP contribution >= 0.6 is 0 Å². The monoisotopic (exact) mass is 432 g/mol. The van der Waals surface area contributed by atoms with Crippen LogP contribution in [0.1, 0.15) is 71.4 Å². The summed E-state index contributed by atoms with van der Waals surface area (Å²) in [6.07, 6.45) is -0.116. The van der Waals surface area contributed by atoms with Crippen LogP contribution in [0, 0.1) is 6.92 Å². The number of nitrogens with zero attached hydrogens (tertiary/aromatic N) is 4. The Kier molecular flexibility index (Phi) is 5.45. The maximum atomic E-state index is 13.9. The number of rotatable bonds is 3. The van der Waals surface area contributed by atoms with Crippen LogP contribution in [-0.2, 0) is 6.18 Å². The Morgan fingerprint density at radius 3 is 2.77 bits per heavy atom. The number of carbonyl (C=O) groups excluding carboxylic acids is 1. The SMILES string of the molecule is Cc1cnccc1C(=O)N1CCC[C@@H](c2noc3nc(C(C)C)cc(C(F)(F)F)c23)C1. The standard InChI is InChI=1S/C22H23F3N4O2/c1-12(2)17-9-16(22(23,24)25)18-19(28-31-20(18)27-17)14-5-4-8-29(11-14)21(30)15-6-7-26-10-13(15)3/h6-7,9-10,12,14H,4-5,8,11H2,1-3H3/t14-/m1/s1. The fraction of sp³-hybridized carbons (Fsp3) is 0.455. The maximum Gasteiger partial charge on any atom is 0.417 e. The number of amides is 1. The van der Waals surface area contributed by atoms with Gasteiger partial charge in [-0.15, -0.1) is 0 Å². The van der Waals surface area contributed by atoms with E-state index in [9.17, 15) is 18.0 Å². The summed E-state index contributed by atoms with van der Waals surface area (Å²) in [5.74, 6) is -0.715. The molecule has 4 heterocycles. The molecule has 0 spiro atoms. The fourth-order valence-corrected chi connectivity index (χ4v) is 4.06. The summed E-state index contributed by atoms with van der Waals surface area (Å²) in [4.78, 5) is 22.9. The predicted molar refractivity (Wildman–Crippen MR) is 108 cm³/mol. The summed E-state index contributed by atoms with van der Waals surface area (Å²) in [5.41, 5.74) is 0.921. The smallest absolute Gasteiger partial charge is 0.338 e. The molecule has 0 saturated carbocycles. The van der Waals surface area contributed by atoms with E-state index in [1.807, 2.05) is 0 Å². The van der Waals surface area contributed by atoms with Crippen molar-refractivity contribution in [1.29, 1.82) is 0 Å². The molecule has 0 bridgehead atoms. The minimum absolute atomic E-state index is 0.101. The normalized spacial score (nSPS) is 17.5. The fourth-order valence-electron chi connectivity index (χ4n) is 4.06. The molecule has 6 nitrogen and oxygen atoms in total. The quantitative estimate of drug-likeness (QED) is 0.577. The molecule has 1 fully saturated rings. The first-order chi connectivity index (χ1) is 14.7. The Bertz CT molecular complexity index is 1120. The van der Waals surface area contributed by atoms with Crippen molar-refractivity contribution >= 4 is 17.0 Å². The third-order valence-electron chi connectivity index (χ3n) is 5.74. The molecule has 9 heteroatoms. The zero-order valence-corrected chi connectivity index (χ0v) is 17.5. The van der Waals surface area contributed by atoms with E-state index in [1.54, 1.807) is 44.1 Å². The molecule has 1 atom stereocenters. The van der Waals surface area contributed by atoms with Gasteiger partial charge in [-0.1, -0.05) is 19.0 Å². The van der Waals surface area contributed by atoms with Crippen molar-refractivity contribution in [3.8, 4) is 0 Å². The number of pyridine rings is 2. The molecule has 0 radical (unpaired) electrons. The maximum absolute atomic E-state index is 13.9. The highest BCUT2D eigenvalue weighted by atomic mass is 19.4. The number of piperidine rings is 1. The molecular weight excluding hydrogens is 409 g/mol. The highest BCUT2D eigenvalue weighted by molar-refractivity contribution is 5.95. The second-order valence-electron chi connectivity index (χ2n) is 8.28. The van der Waals surface area contributed by atoms with Crippen molar-refractivity contribution in [3.63, 3.8) is 0 Å². The first kappa shape index (κ1) is 21.3. The molecule has 164 valence electrons. The molecule has 3 aromatic heterocycles. The Labute approximate surface area is 177 Å². The van der Waals surface area contributed by atoms with E-state index in [1.165, 1.54) is 0 Å². The molecular formula is C22H23F3N4O2. The number of likely N-dealkylation sites (tertiary alicyclic amines) is 1. The summed E-state index contributed by atoms with van der Waals surface area (Å²) >= 11 is 0. The van der Waals surface area contributed by atoms with Gasteiger partial charge in [0.2, 0.25) is 0 Å². The molecule has 0 unspecified atom stereocenters. The molecule has 1 aliphatic heterocycles. The average Bonchev–Trinajstić information content (AvgIpc) is 3.16. The van der Waals surface area contributed by atoms with Crippen molar-refractivity contribution in [2.45, 2.75) is 51.6 Å². The Morgan fingerprint density at radius 1 is 1.32 bits per heavy atom. The summed E-state index contributed by atoms with van der Waals surface area (Å²) < 4.78 is 46.9. The molecule has 4 rings (SSSR count). The van der Waals surface area contributed by atoms with E-state index in [-0.39, 0.29) is 41.1 Å². The lowest BCUT2D eigenvalue weighted by Gasteiger charge is -2.32. The topological polar surface area (TPSA) is 72.1 Å². The van der Waals surface area contributed by atoms with Crippen LogP contribution in [0.4, 0.5) is 13.2 Å². The second kappa shape index (κ2) is 7.94. The summed E-state index contributed by atoms with van der Waals surface area (Å²) in [7, 11) is 0. The van der Waals surface area contributed by atoms with Gasteiger partial charge < -0.3 is 9.42 Å². The van der Waals surface area contributed by atoms with Crippen LogP contribution in [-0.4, -0.2) is 39.0 Å². The van der Waals surface area contributed by atoms with Crippen LogP contribution in [0.5, 0.6) is 0 Å². The summed E-state index contributed by atoms with van der Waals surface area (Å²) in [6, 6.07) is 2.74. The largest absolute Gasteiger partial charge is 0.417 e. The molecule has 31 heavy (non-hydrogen) atoms. The van der Waals surface area contributed by atoms with Crippen LogP contribution in [0.3, 0.4) is 0 Å². The van der Waals surface area contributed by atoms with Gasteiger partial charge >= 0.3 is 6.18 Å². The van der Waals surface area contributed by atoms with Gasteiger partial charge in [0.15, 0.2) is 0 Å². The lowest BCUT2D eigenvalue weighted by Crippen LogP contribution is -2.39. The highest BCUT2D eigenvalue weighted by Crippen LogP contribution is 2.40.